The molecule has 2 aromatic carbocycles. The number of benzene rings is 2. The number of hydrogen-bond acceptors (Lipinski definition) is 1. The topological polar surface area (TPSA) is 77.8 Å². The Morgan fingerprint density at radius 1 is 0.684 bits per heavy atom. The summed E-state index contributed by atoms with van der Waals surface area (Å²) in [6, 6.07) is 20.3. The highest BCUT2D eigenvalue weighted by molar-refractivity contribution is 7.45. The Morgan fingerprint density at radius 3 is 1.00 bits per heavy atom. The molecule has 0 aliphatic heterocycles. The molecule has 104 valence electrons. The van der Waals surface area contributed by atoms with Crippen LogP contribution in [0.3, 0.4) is 0 Å². The van der Waals surface area contributed by atoms with Gasteiger partial charge in [-0.25, -0.2) is 4.57 Å². The van der Waals surface area contributed by atoms with E-state index in [1.54, 1.807) is 0 Å². The molecule has 0 saturated heterocycles. The first kappa shape index (κ1) is 18.4. The van der Waals surface area contributed by atoms with Crippen molar-refractivity contribution in [3.05, 3.63) is 60.7 Å². The molecule has 0 amide bonds. The van der Waals surface area contributed by atoms with Gasteiger partial charge >= 0.3 is 7.82 Å². The van der Waals surface area contributed by atoms with E-state index in [4.69, 9.17) is 19.2 Å². The fourth-order valence-corrected chi connectivity index (χ4v) is 1.35. The highest BCUT2D eigenvalue weighted by atomic mass is 31.2. The molecule has 0 aliphatic rings. The van der Waals surface area contributed by atoms with Gasteiger partial charge in [-0.2, -0.15) is 0 Å². The summed E-state index contributed by atoms with van der Waals surface area (Å²) in [6.07, 6.45) is 0. The number of phosphoric acid groups is 1. The van der Waals surface area contributed by atoms with Gasteiger partial charge in [0.25, 0.3) is 0 Å². The van der Waals surface area contributed by atoms with Crippen LogP contribution in [0.5, 0.6) is 0 Å². The summed E-state index contributed by atoms with van der Waals surface area (Å²) in [7, 11) is 0.619. The van der Waals surface area contributed by atoms with Crippen molar-refractivity contribution in [1.82, 2.24) is 0 Å². The SMILES string of the molecule is O=P(O)(O)O.Pc1ccccc1.Pc1ccccc1. The van der Waals surface area contributed by atoms with Crippen molar-refractivity contribution in [3.8, 4) is 0 Å². The van der Waals surface area contributed by atoms with Crippen LogP contribution in [0.4, 0.5) is 0 Å². The Bertz CT molecular complexity index is 439. The predicted octanol–water partition coefficient (Wildman–Crippen LogP) is 1.45. The Labute approximate surface area is 117 Å². The zero-order valence-electron chi connectivity index (χ0n) is 10.1. The summed E-state index contributed by atoms with van der Waals surface area (Å²) in [5, 5.41) is 2.48. The van der Waals surface area contributed by atoms with E-state index < -0.39 is 7.82 Å². The van der Waals surface area contributed by atoms with Gasteiger partial charge in [-0.05, 0) is 10.6 Å². The highest BCUT2D eigenvalue weighted by Gasteiger charge is 2.00. The van der Waals surface area contributed by atoms with Crippen molar-refractivity contribution in [3.63, 3.8) is 0 Å². The average Bonchev–Trinajstić information content (AvgIpc) is 2.29. The Hall–Kier alpha value is -0.590. The molecule has 2 rings (SSSR count). The number of rotatable bonds is 0. The normalized spacial score (nSPS) is 9.53. The van der Waals surface area contributed by atoms with E-state index in [1.807, 2.05) is 60.7 Å². The molecule has 2 unspecified atom stereocenters. The molecule has 3 N–H and O–H groups in total. The van der Waals surface area contributed by atoms with Gasteiger partial charge in [0.2, 0.25) is 0 Å². The quantitative estimate of drug-likeness (QED) is 0.643. The lowest BCUT2D eigenvalue weighted by molar-refractivity contribution is 0.275. The van der Waals surface area contributed by atoms with Gasteiger partial charge in [0.1, 0.15) is 0 Å². The molecule has 0 heterocycles. The monoisotopic (exact) mass is 318 g/mol. The third kappa shape index (κ3) is 17.4. The zero-order chi connectivity index (χ0) is 14.7. The van der Waals surface area contributed by atoms with Crippen molar-refractivity contribution in [2.24, 2.45) is 0 Å². The molecule has 0 radical (unpaired) electrons. The van der Waals surface area contributed by atoms with Gasteiger partial charge in [-0.15, -0.1) is 18.5 Å². The molecule has 0 fully saturated rings. The summed E-state index contributed by atoms with van der Waals surface area (Å²) in [5.41, 5.74) is 0. The molecule has 0 aliphatic carbocycles. The lowest BCUT2D eigenvalue weighted by Gasteiger charge is -1.82. The van der Waals surface area contributed by atoms with E-state index in [-0.39, 0.29) is 0 Å². The predicted molar refractivity (Wildman–Crippen MR) is 85.8 cm³/mol. The third-order valence-corrected chi connectivity index (χ3v) is 2.37. The second-order valence-electron chi connectivity index (χ2n) is 3.33. The van der Waals surface area contributed by atoms with Crippen LogP contribution in [0, 0.1) is 0 Å². The van der Waals surface area contributed by atoms with E-state index in [9.17, 15) is 0 Å². The van der Waals surface area contributed by atoms with Crippen molar-refractivity contribution in [2.75, 3.05) is 0 Å². The third-order valence-electron chi connectivity index (χ3n) is 1.60. The highest BCUT2D eigenvalue weighted by Crippen LogP contribution is 2.25. The van der Waals surface area contributed by atoms with Crippen LogP contribution in [-0.4, -0.2) is 14.7 Å². The molecule has 0 aromatic heterocycles. The minimum atomic E-state index is -4.64. The van der Waals surface area contributed by atoms with Gasteiger partial charge in [-0.1, -0.05) is 60.7 Å². The lowest BCUT2D eigenvalue weighted by Crippen LogP contribution is -1.82. The summed E-state index contributed by atoms with van der Waals surface area (Å²) in [5.74, 6) is 0. The minimum absolute atomic E-state index is 1.24. The van der Waals surface area contributed by atoms with Crippen LogP contribution in [0.15, 0.2) is 60.7 Å². The number of hydrogen-bond donors (Lipinski definition) is 3. The van der Waals surface area contributed by atoms with Gasteiger partial charge in [0, 0.05) is 0 Å². The molecular weight excluding hydrogens is 301 g/mol. The van der Waals surface area contributed by atoms with Crippen LogP contribution < -0.4 is 10.6 Å². The summed E-state index contributed by atoms with van der Waals surface area (Å²) in [4.78, 5) is 21.6. The van der Waals surface area contributed by atoms with Crippen molar-refractivity contribution in [1.29, 1.82) is 0 Å². The van der Waals surface area contributed by atoms with Crippen molar-refractivity contribution < 1.29 is 19.2 Å². The molecule has 7 heteroatoms. The molecule has 0 spiro atoms. The van der Waals surface area contributed by atoms with E-state index >= 15 is 0 Å². The van der Waals surface area contributed by atoms with Gasteiger partial charge in [0.05, 0.1) is 0 Å². The second kappa shape index (κ2) is 10.2. The Balaban J connectivity index is 0.000000261. The van der Waals surface area contributed by atoms with E-state index in [0.717, 1.165) is 0 Å². The van der Waals surface area contributed by atoms with Crippen molar-refractivity contribution in [2.45, 2.75) is 0 Å². The molecule has 2 atom stereocenters. The molecule has 2 aromatic rings. The lowest BCUT2D eigenvalue weighted by atomic mass is 10.4. The van der Waals surface area contributed by atoms with Gasteiger partial charge in [-0.3, -0.25) is 0 Å². The summed E-state index contributed by atoms with van der Waals surface area (Å²) in [6.45, 7) is 0. The summed E-state index contributed by atoms with van der Waals surface area (Å²) >= 11 is 0. The molecular formula is C12H17O4P3. The van der Waals surface area contributed by atoms with Gasteiger partial charge < -0.3 is 14.7 Å². The first-order valence-corrected chi connectivity index (χ1v) is 7.90. The van der Waals surface area contributed by atoms with Crippen LogP contribution >= 0.6 is 26.3 Å². The van der Waals surface area contributed by atoms with Crippen LogP contribution in [0.2, 0.25) is 0 Å². The maximum Gasteiger partial charge on any atom is 0.466 e. The minimum Gasteiger partial charge on any atom is -0.303 e. The fourth-order valence-electron chi connectivity index (χ4n) is 0.906. The fraction of sp³-hybridized carbons (Fsp3) is 0. The molecule has 4 nitrogen and oxygen atoms in total. The van der Waals surface area contributed by atoms with Crippen LogP contribution in [0.1, 0.15) is 0 Å². The Kier molecular flexibility index (Phi) is 9.91. The second-order valence-corrected chi connectivity index (χ2v) is 5.69. The van der Waals surface area contributed by atoms with Gasteiger partial charge in [0.15, 0.2) is 0 Å². The van der Waals surface area contributed by atoms with E-state index in [0.29, 0.717) is 0 Å². The summed E-state index contributed by atoms with van der Waals surface area (Å²) < 4.78 is 8.88. The maximum atomic E-state index is 8.88. The maximum absolute atomic E-state index is 8.88. The molecule has 0 saturated carbocycles. The first-order valence-electron chi connectivity index (χ1n) is 5.18. The largest absolute Gasteiger partial charge is 0.466 e. The first-order chi connectivity index (χ1) is 8.79. The Morgan fingerprint density at radius 2 is 0.895 bits per heavy atom. The van der Waals surface area contributed by atoms with Crippen LogP contribution in [0.25, 0.3) is 0 Å². The van der Waals surface area contributed by atoms with Crippen LogP contribution in [-0.2, 0) is 4.57 Å². The molecule has 0 bridgehead atoms. The van der Waals surface area contributed by atoms with Crippen molar-refractivity contribution >= 4 is 36.9 Å². The van der Waals surface area contributed by atoms with E-state index in [1.165, 1.54) is 10.6 Å². The zero-order valence-corrected chi connectivity index (χ0v) is 13.3. The standard InChI is InChI=1S/2C6H7P.H3O4P/c2*7-6-4-2-1-3-5-6;1-5(2,3)4/h2*1-5H,7H2;(H3,1,2,3,4). The average molecular weight is 318 g/mol. The van der Waals surface area contributed by atoms with E-state index in [2.05, 4.69) is 18.5 Å². The molecule has 19 heavy (non-hydrogen) atoms. The smallest absolute Gasteiger partial charge is 0.303 e.